The van der Waals surface area contributed by atoms with Crippen molar-refractivity contribution in [3.63, 3.8) is 0 Å². The van der Waals surface area contributed by atoms with E-state index in [4.69, 9.17) is 10.5 Å². The maximum Gasteiger partial charge on any atom is 0.265 e. The zero-order valence-corrected chi connectivity index (χ0v) is 13.2. The molecule has 3 N–H and O–H groups in total. The molecule has 1 aromatic carbocycles. The summed E-state index contributed by atoms with van der Waals surface area (Å²) in [4.78, 5) is 25.3. The molecule has 6 nitrogen and oxygen atoms in total. The van der Waals surface area contributed by atoms with Gasteiger partial charge in [-0.05, 0) is 31.5 Å². The largest absolute Gasteiger partial charge is 0.482 e. The van der Waals surface area contributed by atoms with Gasteiger partial charge in [0.05, 0.1) is 5.69 Å². The van der Waals surface area contributed by atoms with Crippen LogP contribution in [0.25, 0.3) is 0 Å². The molecule has 7 heteroatoms. The van der Waals surface area contributed by atoms with Gasteiger partial charge in [-0.1, -0.05) is 12.1 Å². The van der Waals surface area contributed by atoms with Crippen molar-refractivity contribution < 1.29 is 14.3 Å². The van der Waals surface area contributed by atoms with Crippen LogP contribution in [0.5, 0.6) is 5.75 Å². The molecule has 1 aliphatic rings. The second-order valence-electron chi connectivity index (χ2n) is 4.90. The summed E-state index contributed by atoms with van der Waals surface area (Å²) in [7, 11) is 0. The summed E-state index contributed by atoms with van der Waals surface area (Å²) in [6.45, 7) is 1.65. The highest BCUT2D eigenvalue weighted by Gasteiger charge is 2.25. The third kappa shape index (κ3) is 4.89. The first-order valence-corrected chi connectivity index (χ1v) is 7.21. The molecule has 0 fully saturated rings. The summed E-state index contributed by atoms with van der Waals surface area (Å²) in [5.74, 6) is 0.508. The molecule has 0 aliphatic carbocycles. The number of nitrogens with two attached hydrogens (primary N) is 1. The molecule has 1 heterocycles. The van der Waals surface area contributed by atoms with Gasteiger partial charge in [0.25, 0.3) is 5.91 Å². The van der Waals surface area contributed by atoms with Crippen LogP contribution >= 0.6 is 12.4 Å². The van der Waals surface area contributed by atoms with Gasteiger partial charge in [-0.2, -0.15) is 0 Å². The number of unbranched alkanes of at least 4 members (excludes halogenated alkanes) is 1. The summed E-state index contributed by atoms with van der Waals surface area (Å²) >= 11 is 0. The Bertz CT molecular complexity index is 511. The highest BCUT2D eigenvalue weighted by Crippen LogP contribution is 2.31. The lowest BCUT2D eigenvalue weighted by Gasteiger charge is -2.29. The number of amides is 2. The molecule has 1 aliphatic heterocycles. The molecule has 22 heavy (non-hydrogen) atoms. The average molecular weight is 328 g/mol. The van der Waals surface area contributed by atoms with Gasteiger partial charge in [0.1, 0.15) is 5.75 Å². The van der Waals surface area contributed by atoms with Crippen molar-refractivity contribution in [2.45, 2.75) is 19.3 Å². The highest BCUT2D eigenvalue weighted by atomic mass is 35.5. The van der Waals surface area contributed by atoms with Crippen LogP contribution in [0.2, 0.25) is 0 Å². The Balaban J connectivity index is 0.00000242. The van der Waals surface area contributed by atoms with Crippen LogP contribution in [-0.4, -0.2) is 38.1 Å². The summed E-state index contributed by atoms with van der Waals surface area (Å²) in [5, 5.41) is 2.83. The van der Waals surface area contributed by atoms with Crippen molar-refractivity contribution >= 4 is 29.9 Å². The number of nitrogens with zero attached hydrogens (tertiary/aromatic N) is 1. The molecule has 0 spiro atoms. The van der Waals surface area contributed by atoms with Crippen molar-refractivity contribution in [3.05, 3.63) is 24.3 Å². The Morgan fingerprint density at radius 3 is 2.86 bits per heavy atom. The number of para-hydroxylation sites is 2. The van der Waals surface area contributed by atoms with E-state index < -0.39 is 0 Å². The second kappa shape index (κ2) is 9.27. The van der Waals surface area contributed by atoms with Gasteiger partial charge in [-0.3, -0.25) is 9.59 Å². The fourth-order valence-electron chi connectivity index (χ4n) is 2.20. The van der Waals surface area contributed by atoms with Gasteiger partial charge < -0.3 is 20.7 Å². The van der Waals surface area contributed by atoms with E-state index in [1.165, 1.54) is 0 Å². The van der Waals surface area contributed by atoms with E-state index in [9.17, 15) is 9.59 Å². The third-order valence-corrected chi connectivity index (χ3v) is 3.32. The van der Waals surface area contributed by atoms with E-state index >= 15 is 0 Å². The number of carbonyl (C=O) groups is 2. The molecular weight excluding hydrogens is 306 g/mol. The number of hydrogen-bond donors (Lipinski definition) is 2. The van der Waals surface area contributed by atoms with E-state index in [-0.39, 0.29) is 37.2 Å². The standard InChI is InChI=1S/C15H21N3O3.ClH/c16-8-3-4-9-17-14(19)7-10-18-12-5-1-2-6-13(12)21-11-15(18)20;/h1-2,5-6H,3-4,7-11,16H2,(H,17,19);1H. The minimum atomic E-state index is -0.121. The average Bonchev–Trinajstić information content (AvgIpc) is 2.50. The van der Waals surface area contributed by atoms with Crippen LogP contribution < -0.4 is 20.7 Å². The van der Waals surface area contributed by atoms with Crippen LogP contribution in [0.3, 0.4) is 0 Å². The minimum Gasteiger partial charge on any atom is -0.482 e. The monoisotopic (exact) mass is 327 g/mol. The van der Waals surface area contributed by atoms with E-state index in [2.05, 4.69) is 5.32 Å². The topological polar surface area (TPSA) is 84.7 Å². The quantitative estimate of drug-likeness (QED) is 0.734. The highest BCUT2D eigenvalue weighted by molar-refractivity contribution is 5.98. The number of hydrogen-bond acceptors (Lipinski definition) is 4. The maximum atomic E-state index is 11.9. The maximum absolute atomic E-state index is 11.9. The number of fused-ring (bicyclic) bond motifs is 1. The smallest absolute Gasteiger partial charge is 0.265 e. The lowest BCUT2D eigenvalue weighted by Crippen LogP contribution is -2.41. The molecule has 0 unspecified atom stereocenters. The molecule has 0 bridgehead atoms. The SMILES string of the molecule is Cl.NCCCCNC(=O)CCN1C(=O)COc2ccccc21. The zero-order chi connectivity index (χ0) is 15.1. The first-order chi connectivity index (χ1) is 10.2. The van der Waals surface area contributed by atoms with Gasteiger partial charge in [-0.15, -0.1) is 12.4 Å². The van der Waals surface area contributed by atoms with Gasteiger partial charge in [0.2, 0.25) is 5.91 Å². The fourth-order valence-corrected chi connectivity index (χ4v) is 2.20. The van der Waals surface area contributed by atoms with Gasteiger partial charge >= 0.3 is 0 Å². The molecule has 2 amide bonds. The Hall–Kier alpha value is -1.79. The van der Waals surface area contributed by atoms with E-state index in [1.54, 1.807) is 4.90 Å². The molecule has 1 aromatic rings. The van der Waals surface area contributed by atoms with Gasteiger partial charge in [-0.25, -0.2) is 0 Å². The van der Waals surface area contributed by atoms with Crippen LogP contribution in [0, 0.1) is 0 Å². The van der Waals surface area contributed by atoms with Crippen LogP contribution in [0.15, 0.2) is 24.3 Å². The molecule has 0 saturated heterocycles. The number of benzene rings is 1. The zero-order valence-electron chi connectivity index (χ0n) is 12.4. The second-order valence-corrected chi connectivity index (χ2v) is 4.90. The lowest BCUT2D eigenvalue weighted by atomic mass is 10.2. The first-order valence-electron chi connectivity index (χ1n) is 7.21. The van der Waals surface area contributed by atoms with Crippen LogP contribution in [0.1, 0.15) is 19.3 Å². The molecule has 0 atom stereocenters. The Labute approximate surface area is 136 Å². The Kier molecular flexibility index (Phi) is 7.70. The predicted molar refractivity (Wildman–Crippen MR) is 87.5 cm³/mol. The Morgan fingerprint density at radius 2 is 2.09 bits per heavy atom. The fraction of sp³-hybridized carbons (Fsp3) is 0.467. The number of anilines is 1. The molecule has 122 valence electrons. The van der Waals surface area contributed by atoms with E-state index in [1.807, 2.05) is 24.3 Å². The number of carbonyl (C=O) groups excluding carboxylic acids is 2. The van der Waals surface area contributed by atoms with Gasteiger partial charge in [0.15, 0.2) is 6.61 Å². The number of halogens is 1. The van der Waals surface area contributed by atoms with Crippen molar-refractivity contribution in [3.8, 4) is 5.75 Å². The molecule has 0 aromatic heterocycles. The third-order valence-electron chi connectivity index (χ3n) is 3.32. The minimum absolute atomic E-state index is 0. The summed E-state index contributed by atoms with van der Waals surface area (Å²) in [5.41, 5.74) is 6.12. The first kappa shape index (κ1) is 18.3. The molecular formula is C15H22ClN3O3. The van der Waals surface area contributed by atoms with Crippen LogP contribution in [-0.2, 0) is 9.59 Å². The molecule has 0 radical (unpaired) electrons. The number of rotatable bonds is 7. The summed E-state index contributed by atoms with van der Waals surface area (Å²) in [6, 6.07) is 7.35. The van der Waals surface area contributed by atoms with E-state index in [0.717, 1.165) is 18.5 Å². The number of ether oxygens (including phenoxy) is 1. The normalized spacial score (nSPS) is 13.0. The molecule has 2 rings (SSSR count). The van der Waals surface area contributed by atoms with Crippen molar-refractivity contribution in [2.24, 2.45) is 5.73 Å². The summed E-state index contributed by atoms with van der Waals surface area (Å²) < 4.78 is 5.36. The van der Waals surface area contributed by atoms with Crippen molar-refractivity contribution in [1.82, 2.24) is 5.32 Å². The van der Waals surface area contributed by atoms with Crippen LogP contribution in [0.4, 0.5) is 5.69 Å². The summed E-state index contributed by atoms with van der Waals surface area (Å²) in [6.07, 6.45) is 2.06. The predicted octanol–water partition coefficient (Wildman–Crippen LogP) is 1.08. The van der Waals surface area contributed by atoms with Crippen molar-refractivity contribution in [1.29, 1.82) is 0 Å². The molecule has 0 saturated carbocycles. The van der Waals surface area contributed by atoms with Crippen molar-refractivity contribution in [2.75, 3.05) is 31.1 Å². The van der Waals surface area contributed by atoms with Gasteiger partial charge in [0, 0.05) is 19.5 Å². The Morgan fingerprint density at radius 1 is 1.32 bits per heavy atom. The van der Waals surface area contributed by atoms with E-state index in [0.29, 0.717) is 25.4 Å². The number of nitrogens with one attached hydrogen (secondary N) is 1. The lowest BCUT2D eigenvalue weighted by molar-refractivity contribution is -0.122.